The average Bonchev–Trinajstić information content (AvgIpc) is 2.68. The van der Waals surface area contributed by atoms with Gasteiger partial charge in [0, 0.05) is 19.1 Å². The smallest absolute Gasteiger partial charge is 0.370 e. The molecule has 28 heavy (non-hydrogen) atoms. The molecule has 1 fully saturated rings. The Morgan fingerprint density at radius 3 is 2.50 bits per heavy atom. The highest BCUT2D eigenvalue weighted by Gasteiger charge is 2.32. The summed E-state index contributed by atoms with van der Waals surface area (Å²) in [4.78, 5) is 17.5. The average molecular weight is 389 g/mol. The van der Waals surface area contributed by atoms with Crippen LogP contribution in [0.2, 0.25) is 0 Å². The molecule has 146 valence electrons. The van der Waals surface area contributed by atoms with Crippen molar-refractivity contribution in [2.24, 2.45) is 0 Å². The van der Waals surface area contributed by atoms with Crippen LogP contribution in [0.5, 0.6) is 0 Å². The first kappa shape index (κ1) is 19.5. The van der Waals surface area contributed by atoms with E-state index >= 15 is 0 Å². The number of halogens is 3. The first-order chi connectivity index (χ1) is 13.4. The Morgan fingerprint density at radius 2 is 1.89 bits per heavy atom. The predicted octanol–water partition coefficient (Wildman–Crippen LogP) is 3.76. The van der Waals surface area contributed by atoms with Crippen LogP contribution in [0, 0.1) is 11.3 Å². The third kappa shape index (κ3) is 4.71. The van der Waals surface area contributed by atoms with Gasteiger partial charge in [-0.2, -0.15) is 18.4 Å². The molecule has 2 amide bonds. The van der Waals surface area contributed by atoms with E-state index in [1.165, 1.54) is 0 Å². The number of amides is 2. The van der Waals surface area contributed by atoms with Crippen molar-refractivity contribution in [2.45, 2.75) is 25.1 Å². The van der Waals surface area contributed by atoms with Crippen LogP contribution < -0.4 is 15.5 Å². The standard InChI is InChI=1S/C19H18F3N5O/c20-19(21,22)17-6-5-15(12-24-17)26-18(28)25-14-7-9-27(10-8-14)16-4-2-1-3-13(16)11-23/h1-6,12,14H,7-10H2,(H2,25,26,28). The second kappa shape index (κ2) is 8.17. The van der Waals surface area contributed by atoms with E-state index in [1.54, 1.807) is 6.07 Å². The van der Waals surface area contributed by atoms with Gasteiger partial charge in [-0.05, 0) is 37.1 Å². The molecule has 1 saturated heterocycles. The van der Waals surface area contributed by atoms with Crippen molar-refractivity contribution in [2.75, 3.05) is 23.3 Å². The number of piperidine rings is 1. The Hall–Kier alpha value is -3.28. The van der Waals surface area contributed by atoms with Crippen LogP contribution in [0.25, 0.3) is 0 Å². The molecule has 0 bridgehead atoms. The molecule has 0 atom stereocenters. The number of para-hydroxylation sites is 1. The Bertz CT molecular complexity index is 868. The molecule has 0 aliphatic carbocycles. The van der Waals surface area contributed by atoms with E-state index in [0.717, 1.165) is 24.0 Å². The fourth-order valence-electron chi connectivity index (χ4n) is 3.10. The highest BCUT2D eigenvalue weighted by molar-refractivity contribution is 5.89. The fraction of sp³-hybridized carbons (Fsp3) is 0.316. The van der Waals surface area contributed by atoms with E-state index in [2.05, 4.69) is 26.6 Å². The maximum atomic E-state index is 12.5. The molecule has 0 saturated carbocycles. The van der Waals surface area contributed by atoms with Crippen LogP contribution in [0.4, 0.5) is 29.3 Å². The lowest BCUT2D eigenvalue weighted by Gasteiger charge is -2.34. The molecular weight excluding hydrogens is 371 g/mol. The van der Waals surface area contributed by atoms with E-state index in [1.807, 2.05) is 18.2 Å². The van der Waals surface area contributed by atoms with Gasteiger partial charge in [0.25, 0.3) is 0 Å². The van der Waals surface area contributed by atoms with Crippen LogP contribution >= 0.6 is 0 Å². The third-order valence-electron chi connectivity index (χ3n) is 4.51. The number of nitriles is 1. The van der Waals surface area contributed by atoms with Gasteiger partial charge < -0.3 is 15.5 Å². The third-order valence-corrected chi connectivity index (χ3v) is 4.51. The number of rotatable bonds is 3. The van der Waals surface area contributed by atoms with Crippen molar-refractivity contribution in [1.29, 1.82) is 5.26 Å². The molecular formula is C19H18F3N5O. The quantitative estimate of drug-likeness (QED) is 0.838. The highest BCUT2D eigenvalue weighted by Crippen LogP contribution is 2.28. The zero-order chi connectivity index (χ0) is 20.1. The summed E-state index contributed by atoms with van der Waals surface area (Å²) in [7, 11) is 0. The van der Waals surface area contributed by atoms with E-state index in [0.29, 0.717) is 31.5 Å². The minimum Gasteiger partial charge on any atom is -0.370 e. The second-order valence-corrected chi connectivity index (χ2v) is 6.42. The Kier molecular flexibility index (Phi) is 5.68. The van der Waals surface area contributed by atoms with Gasteiger partial charge in [0.2, 0.25) is 0 Å². The molecule has 9 heteroatoms. The van der Waals surface area contributed by atoms with Crippen molar-refractivity contribution in [3.05, 3.63) is 53.9 Å². The predicted molar refractivity (Wildman–Crippen MR) is 97.8 cm³/mol. The summed E-state index contributed by atoms with van der Waals surface area (Å²) in [6.45, 7) is 1.37. The topological polar surface area (TPSA) is 81.0 Å². The number of hydrogen-bond donors (Lipinski definition) is 2. The van der Waals surface area contributed by atoms with Gasteiger partial charge in [0.1, 0.15) is 11.8 Å². The highest BCUT2D eigenvalue weighted by atomic mass is 19.4. The van der Waals surface area contributed by atoms with Gasteiger partial charge in [-0.3, -0.25) is 0 Å². The number of pyridine rings is 1. The lowest BCUT2D eigenvalue weighted by Crippen LogP contribution is -2.46. The van der Waals surface area contributed by atoms with Gasteiger partial charge in [0.05, 0.1) is 23.1 Å². The number of aromatic nitrogens is 1. The maximum Gasteiger partial charge on any atom is 0.433 e. The van der Waals surface area contributed by atoms with E-state index < -0.39 is 17.9 Å². The van der Waals surface area contributed by atoms with Crippen molar-refractivity contribution in [3.63, 3.8) is 0 Å². The summed E-state index contributed by atoms with van der Waals surface area (Å²) >= 11 is 0. The summed E-state index contributed by atoms with van der Waals surface area (Å²) < 4.78 is 37.5. The summed E-state index contributed by atoms with van der Waals surface area (Å²) in [6.07, 6.45) is -2.15. The molecule has 0 radical (unpaired) electrons. The van der Waals surface area contributed by atoms with Crippen LogP contribution in [0.15, 0.2) is 42.6 Å². The summed E-state index contributed by atoms with van der Waals surface area (Å²) in [5, 5.41) is 14.5. The molecule has 3 rings (SSSR count). The van der Waals surface area contributed by atoms with Gasteiger partial charge >= 0.3 is 12.2 Å². The summed E-state index contributed by atoms with van der Waals surface area (Å²) in [5.41, 5.74) is 0.666. The van der Waals surface area contributed by atoms with Crippen LogP contribution in [0.3, 0.4) is 0 Å². The molecule has 6 nitrogen and oxygen atoms in total. The van der Waals surface area contributed by atoms with E-state index in [4.69, 9.17) is 0 Å². The number of benzene rings is 1. The maximum absolute atomic E-state index is 12.5. The Balaban J connectivity index is 1.51. The van der Waals surface area contributed by atoms with Gasteiger partial charge in [-0.1, -0.05) is 12.1 Å². The van der Waals surface area contributed by atoms with Crippen molar-refractivity contribution >= 4 is 17.4 Å². The Morgan fingerprint density at radius 1 is 1.18 bits per heavy atom. The number of nitrogens with zero attached hydrogens (tertiary/aromatic N) is 3. The molecule has 1 aliphatic rings. The number of anilines is 2. The molecule has 2 heterocycles. The van der Waals surface area contributed by atoms with Crippen molar-refractivity contribution in [1.82, 2.24) is 10.3 Å². The minimum atomic E-state index is -4.51. The first-order valence-electron chi connectivity index (χ1n) is 8.71. The molecule has 0 spiro atoms. The molecule has 2 N–H and O–H groups in total. The number of urea groups is 1. The molecule has 2 aromatic rings. The molecule has 1 aromatic heterocycles. The van der Waals surface area contributed by atoms with Crippen LogP contribution in [-0.4, -0.2) is 30.1 Å². The number of carbonyl (C=O) groups is 1. The lowest BCUT2D eigenvalue weighted by molar-refractivity contribution is -0.141. The van der Waals surface area contributed by atoms with Crippen LogP contribution in [0.1, 0.15) is 24.1 Å². The van der Waals surface area contributed by atoms with Crippen molar-refractivity contribution < 1.29 is 18.0 Å². The van der Waals surface area contributed by atoms with Gasteiger partial charge in [-0.25, -0.2) is 9.78 Å². The zero-order valence-corrected chi connectivity index (χ0v) is 14.8. The SMILES string of the molecule is N#Cc1ccccc1N1CCC(NC(=O)Nc2ccc(C(F)(F)F)nc2)CC1. The largest absolute Gasteiger partial charge is 0.433 e. The minimum absolute atomic E-state index is 0.0621. The van der Waals surface area contributed by atoms with Gasteiger partial charge in [0.15, 0.2) is 0 Å². The number of carbonyl (C=O) groups excluding carboxylic acids is 1. The number of nitrogens with one attached hydrogen (secondary N) is 2. The number of hydrogen-bond acceptors (Lipinski definition) is 4. The lowest BCUT2D eigenvalue weighted by atomic mass is 10.0. The van der Waals surface area contributed by atoms with E-state index in [9.17, 15) is 23.2 Å². The number of alkyl halides is 3. The summed E-state index contributed by atoms with van der Waals surface area (Å²) in [6, 6.07) is 11.0. The van der Waals surface area contributed by atoms with Crippen molar-refractivity contribution in [3.8, 4) is 6.07 Å². The fourth-order valence-corrected chi connectivity index (χ4v) is 3.10. The normalized spacial score (nSPS) is 15.0. The first-order valence-corrected chi connectivity index (χ1v) is 8.71. The molecule has 0 unspecified atom stereocenters. The van der Waals surface area contributed by atoms with Gasteiger partial charge in [-0.15, -0.1) is 0 Å². The van der Waals surface area contributed by atoms with E-state index in [-0.39, 0.29) is 11.7 Å². The second-order valence-electron chi connectivity index (χ2n) is 6.42. The molecule has 1 aliphatic heterocycles. The summed E-state index contributed by atoms with van der Waals surface area (Å²) in [5.74, 6) is 0. The molecule has 1 aromatic carbocycles. The van der Waals surface area contributed by atoms with Crippen LogP contribution in [-0.2, 0) is 6.18 Å². The Labute approximate surface area is 160 Å². The zero-order valence-electron chi connectivity index (χ0n) is 14.8. The monoisotopic (exact) mass is 389 g/mol.